The van der Waals surface area contributed by atoms with Crippen LogP contribution in [0.15, 0.2) is 97.1 Å². The number of rotatable bonds is 0. The highest BCUT2D eigenvalue weighted by atomic mass is 16.6. The monoisotopic (exact) mass is 412 g/mol. The Morgan fingerprint density at radius 3 is 0.839 bits per heavy atom. The summed E-state index contributed by atoms with van der Waals surface area (Å²) in [5, 5.41) is 0. The molecule has 4 aromatic carbocycles. The van der Waals surface area contributed by atoms with Gasteiger partial charge in [0.1, 0.15) is 13.2 Å². The summed E-state index contributed by atoms with van der Waals surface area (Å²) in [6.45, 7) is 0.701. The smallest absolute Gasteiger partial charge is 0.170 e. The Bertz CT molecular complexity index is 1090. The van der Waals surface area contributed by atoms with E-state index >= 15 is 0 Å². The van der Waals surface area contributed by atoms with E-state index in [0.29, 0.717) is 59.2 Å². The lowest BCUT2D eigenvalue weighted by Crippen LogP contribution is -2.09. The molecule has 31 heavy (non-hydrogen) atoms. The second-order valence-corrected chi connectivity index (χ2v) is 6.79. The summed E-state index contributed by atoms with van der Waals surface area (Å²) in [6.07, 6.45) is 0. The molecule has 0 fully saturated rings. The summed E-state index contributed by atoms with van der Waals surface area (Å²) in [5.41, 5.74) is 0. The zero-order valence-electron chi connectivity index (χ0n) is 16.7. The summed E-state index contributed by atoms with van der Waals surface area (Å²) < 4.78 is 30.4. The third kappa shape index (κ3) is 4.26. The van der Waals surface area contributed by atoms with Crippen LogP contribution in [0.25, 0.3) is 0 Å². The van der Waals surface area contributed by atoms with Crippen molar-refractivity contribution >= 4 is 0 Å². The second-order valence-electron chi connectivity index (χ2n) is 6.79. The Morgan fingerprint density at radius 2 is 0.548 bits per heavy atom. The van der Waals surface area contributed by atoms with Gasteiger partial charge in [0.25, 0.3) is 0 Å². The van der Waals surface area contributed by atoms with E-state index in [1.165, 1.54) is 0 Å². The summed E-state index contributed by atoms with van der Waals surface area (Å²) in [7, 11) is 0. The van der Waals surface area contributed by atoms with Gasteiger partial charge < -0.3 is 23.7 Å². The molecule has 1 heterocycles. The van der Waals surface area contributed by atoms with E-state index < -0.39 is 0 Å². The molecule has 5 rings (SSSR count). The largest absolute Gasteiger partial charge is 0.486 e. The van der Waals surface area contributed by atoms with Crippen LogP contribution in [0.5, 0.6) is 46.0 Å². The number of ether oxygens (including phenoxy) is 5. The molecule has 0 saturated heterocycles. The molecule has 0 radical (unpaired) electrons. The molecule has 5 nitrogen and oxygen atoms in total. The Kier molecular flexibility index (Phi) is 5.31. The van der Waals surface area contributed by atoms with Gasteiger partial charge in [-0.05, 0) is 48.5 Å². The molecule has 0 bridgehead atoms. The van der Waals surface area contributed by atoms with Crippen molar-refractivity contribution in [1.82, 2.24) is 0 Å². The predicted octanol–water partition coefficient (Wildman–Crippen LogP) is 6.83. The van der Waals surface area contributed by atoms with Gasteiger partial charge in [0, 0.05) is 0 Å². The Morgan fingerprint density at radius 1 is 0.323 bits per heavy atom. The van der Waals surface area contributed by atoms with Gasteiger partial charge in [-0.15, -0.1) is 0 Å². The van der Waals surface area contributed by atoms with Crippen molar-refractivity contribution in [3.8, 4) is 46.0 Å². The van der Waals surface area contributed by atoms with Crippen LogP contribution in [0, 0.1) is 0 Å². The number of fused-ring (bicyclic) bond motifs is 4. The summed E-state index contributed by atoms with van der Waals surface area (Å²) in [4.78, 5) is 0. The van der Waals surface area contributed by atoms with Gasteiger partial charge in [-0.25, -0.2) is 0 Å². The van der Waals surface area contributed by atoms with Crippen molar-refractivity contribution in [2.75, 3.05) is 13.2 Å². The number of benzene rings is 4. The fourth-order valence-electron chi connectivity index (χ4n) is 3.20. The fraction of sp³-hybridized carbons (Fsp3) is 0.0769. The maximum Gasteiger partial charge on any atom is 0.170 e. The van der Waals surface area contributed by atoms with Crippen LogP contribution >= 0.6 is 0 Å². The fourth-order valence-corrected chi connectivity index (χ4v) is 3.20. The van der Waals surface area contributed by atoms with E-state index in [1.807, 2.05) is 97.1 Å². The van der Waals surface area contributed by atoms with Crippen LogP contribution < -0.4 is 23.7 Å². The van der Waals surface area contributed by atoms with Gasteiger partial charge in [0.05, 0.1) is 0 Å². The molecule has 1 aliphatic heterocycles. The first-order valence-electron chi connectivity index (χ1n) is 10.0. The first kappa shape index (κ1) is 18.9. The minimum Gasteiger partial charge on any atom is -0.486 e. The molecule has 4 aromatic rings. The topological polar surface area (TPSA) is 46.2 Å². The SMILES string of the molecule is c1ccc2c(c1)OCCOc1ccccc1Oc1ccccc1Oc1ccccc1O2. The highest BCUT2D eigenvalue weighted by molar-refractivity contribution is 5.52. The summed E-state index contributed by atoms with van der Waals surface area (Å²) >= 11 is 0. The van der Waals surface area contributed by atoms with Gasteiger partial charge in [-0.2, -0.15) is 0 Å². The standard InChI is InChI=1S/C26H20O5/c1-3-11-21-19(9-1)27-17-18-28-20-10-2-4-12-22(20)30-24-14-6-8-16-26(24)31-25-15-7-5-13-23(25)29-21/h1-16H,17-18H2. The average molecular weight is 412 g/mol. The maximum absolute atomic E-state index is 6.22. The molecule has 5 heteroatoms. The first-order valence-corrected chi connectivity index (χ1v) is 10.0. The van der Waals surface area contributed by atoms with Crippen molar-refractivity contribution in [3.05, 3.63) is 97.1 Å². The molecule has 0 amide bonds. The lowest BCUT2D eigenvalue weighted by molar-refractivity contribution is 0.209. The molecule has 0 spiro atoms. The Labute approximate surface area is 180 Å². The van der Waals surface area contributed by atoms with Gasteiger partial charge in [-0.1, -0.05) is 48.5 Å². The highest BCUT2D eigenvalue weighted by Crippen LogP contribution is 2.42. The second kappa shape index (κ2) is 8.71. The lowest BCUT2D eigenvalue weighted by Gasteiger charge is -2.16. The molecule has 1 aliphatic rings. The van der Waals surface area contributed by atoms with Crippen molar-refractivity contribution in [3.63, 3.8) is 0 Å². The Hall–Kier alpha value is -4.12. The van der Waals surface area contributed by atoms with Crippen LogP contribution in [0.2, 0.25) is 0 Å². The van der Waals surface area contributed by atoms with Crippen molar-refractivity contribution < 1.29 is 23.7 Å². The molecule has 0 unspecified atom stereocenters. The first-order chi connectivity index (χ1) is 15.4. The van der Waals surface area contributed by atoms with Crippen molar-refractivity contribution in [1.29, 1.82) is 0 Å². The molecular formula is C26H20O5. The molecule has 0 aliphatic carbocycles. The maximum atomic E-state index is 6.22. The third-order valence-corrected chi connectivity index (χ3v) is 4.65. The zero-order chi connectivity index (χ0) is 20.9. The molecule has 154 valence electrons. The number of hydrogen-bond acceptors (Lipinski definition) is 5. The molecule has 0 aromatic heterocycles. The molecule has 0 saturated carbocycles. The van der Waals surface area contributed by atoms with E-state index in [2.05, 4.69) is 0 Å². The van der Waals surface area contributed by atoms with E-state index in [-0.39, 0.29) is 0 Å². The van der Waals surface area contributed by atoms with E-state index in [9.17, 15) is 0 Å². The predicted molar refractivity (Wildman–Crippen MR) is 117 cm³/mol. The van der Waals surface area contributed by atoms with Crippen molar-refractivity contribution in [2.24, 2.45) is 0 Å². The lowest BCUT2D eigenvalue weighted by atomic mass is 10.2. The van der Waals surface area contributed by atoms with Gasteiger partial charge in [-0.3, -0.25) is 0 Å². The van der Waals surface area contributed by atoms with Crippen LogP contribution in [-0.4, -0.2) is 13.2 Å². The minimum atomic E-state index is 0.351. The van der Waals surface area contributed by atoms with Gasteiger partial charge in [0.2, 0.25) is 0 Å². The minimum absolute atomic E-state index is 0.351. The normalized spacial score (nSPS) is 12.9. The molecular weight excluding hydrogens is 392 g/mol. The van der Waals surface area contributed by atoms with Crippen LogP contribution in [0.3, 0.4) is 0 Å². The third-order valence-electron chi connectivity index (χ3n) is 4.65. The number of hydrogen-bond donors (Lipinski definition) is 0. The van der Waals surface area contributed by atoms with Crippen molar-refractivity contribution in [2.45, 2.75) is 0 Å². The Balaban J connectivity index is 1.59. The van der Waals surface area contributed by atoms with Gasteiger partial charge >= 0.3 is 0 Å². The van der Waals surface area contributed by atoms with Crippen LogP contribution in [-0.2, 0) is 0 Å². The quantitative estimate of drug-likeness (QED) is 0.317. The highest BCUT2D eigenvalue weighted by Gasteiger charge is 2.15. The van der Waals surface area contributed by atoms with Gasteiger partial charge in [0.15, 0.2) is 46.0 Å². The molecule has 0 N–H and O–H groups in total. The van der Waals surface area contributed by atoms with Crippen LogP contribution in [0.1, 0.15) is 0 Å². The zero-order valence-corrected chi connectivity index (χ0v) is 16.7. The molecule has 0 atom stereocenters. The van der Waals surface area contributed by atoms with Crippen LogP contribution in [0.4, 0.5) is 0 Å². The average Bonchev–Trinajstić information content (AvgIpc) is 2.81. The number of para-hydroxylation sites is 8. The summed E-state index contributed by atoms with van der Waals surface area (Å²) in [5.74, 6) is 4.71. The van der Waals surface area contributed by atoms with E-state index in [4.69, 9.17) is 23.7 Å². The van der Waals surface area contributed by atoms with E-state index in [0.717, 1.165) is 0 Å². The summed E-state index contributed by atoms with van der Waals surface area (Å²) in [6, 6.07) is 30.0. The van der Waals surface area contributed by atoms with E-state index in [1.54, 1.807) is 0 Å².